The van der Waals surface area contributed by atoms with Crippen LogP contribution in [0.25, 0.3) is 21.9 Å². The van der Waals surface area contributed by atoms with E-state index < -0.39 is 0 Å². The van der Waals surface area contributed by atoms with Gasteiger partial charge in [-0.1, -0.05) is 31.0 Å². The summed E-state index contributed by atoms with van der Waals surface area (Å²) in [7, 11) is 0. The Morgan fingerprint density at radius 1 is 0.852 bits per heavy atom. The summed E-state index contributed by atoms with van der Waals surface area (Å²) in [6.45, 7) is 4.12. The number of pyridine rings is 1. The molecule has 4 rings (SSSR count). The molecule has 1 fully saturated rings. The topological polar surface area (TPSA) is 45.3 Å². The second-order valence-corrected chi connectivity index (χ2v) is 7.27. The van der Waals surface area contributed by atoms with Gasteiger partial charge in [0, 0.05) is 18.8 Å². The molecule has 2 heterocycles. The lowest BCUT2D eigenvalue weighted by Crippen LogP contribution is -2.29. The SMILES string of the molecule is O=c1ccc(-c2ccc3ccc(OCCN4CCCCCC4)cc3c2)c[nH]1. The number of aromatic amines is 1. The Hall–Kier alpha value is -2.59. The summed E-state index contributed by atoms with van der Waals surface area (Å²) < 4.78 is 6.03. The second kappa shape index (κ2) is 8.40. The smallest absolute Gasteiger partial charge is 0.247 e. The molecule has 1 saturated heterocycles. The summed E-state index contributed by atoms with van der Waals surface area (Å²) in [6.07, 6.45) is 7.09. The Labute approximate surface area is 159 Å². The molecule has 4 nitrogen and oxygen atoms in total. The number of nitrogens with zero attached hydrogens (tertiary/aromatic N) is 1. The molecule has 2 aromatic carbocycles. The highest BCUT2D eigenvalue weighted by Gasteiger charge is 2.09. The molecule has 1 aliphatic rings. The zero-order valence-corrected chi connectivity index (χ0v) is 15.6. The van der Waals surface area contributed by atoms with Gasteiger partial charge in [-0.15, -0.1) is 0 Å². The van der Waals surface area contributed by atoms with Gasteiger partial charge in [0.05, 0.1) is 0 Å². The fourth-order valence-corrected chi connectivity index (χ4v) is 3.74. The second-order valence-electron chi connectivity index (χ2n) is 7.27. The van der Waals surface area contributed by atoms with Gasteiger partial charge in [-0.05, 0) is 72.1 Å². The Bertz CT molecular complexity index is 935. The number of likely N-dealkylation sites (tertiary alicyclic amines) is 1. The van der Waals surface area contributed by atoms with E-state index in [1.165, 1.54) is 44.2 Å². The molecule has 27 heavy (non-hydrogen) atoms. The molecule has 0 amide bonds. The monoisotopic (exact) mass is 362 g/mol. The van der Waals surface area contributed by atoms with E-state index in [0.29, 0.717) is 0 Å². The van der Waals surface area contributed by atoms with Crippen molar-refractivity contribution >= 4 is 10.8 Å². The van der Waals surface area contributed by atoms with Gasteiger partial charge in [0.2, 0.25) is 5.56 Å². The summed E-state index contributed by atoms with van der Waals surface area (Å²) in [5.74, 6) is 0.913. The number of nitrogens with one attached hydrogen (secondary N) is 1. The summed E-state index contributed by atoms with van der Waals surface area (Å²) in [6, 6.07) is 16.0. The van der Waals surface area contributed by atoms with Crippen molar-refractivity contribution in [1.82, 2.24) is 9.88 Å². The molecular weight excluding hydrogens is 336 g/mol. The number of hydrogen-bond acceptors (Lipinski definition) is 3. The quantitative estimate of drug-likeness (QED) is 0.729. The molecule has 0 aliphatic carbocycles. The highest BCUT2D eigenvalue weighted by molar-refractivity contribution is 5.88. The minimum Gasteiger partial charge on any atom is -0.492 e. The zero-order chi connectivity index (χ0) is 18.5. The van der Waals surface area contributed by atoms with Crippen LogP contribution >= 0.6 is 0 Å². The predicted octanol–water partition coefficient (Wildman–Crippen LogP) is 4.45. The summed E-state index contributed by atoms with van der Waals surface area (Å²) in [5.41, 5.74) is 2.00. The van der Waals surface area contributed by atoms with E-state index >= 15 is 0 Å². The van der Waals surface area contributed by atoms with Crippen LogP contribution in [-0.4, -0.2) is 36.1 Å². The molecule has 0 atom stereocenters. The van der Waals surface area contributed by atoms with Crippen molar-refractivity contribution < 1.29 is 4.74 Å². The highest BCUT2D eigenvalue weighted by Crippen LogP contribution is 2.26. The van der Waals surface area contributed by atoms with Crippen molar-refractivity contribution in [3.63, 3.8) is 0 Å². The first-order valence-electron chi connectivity index (χ1n) is 9.86. The normalized spacial score (nSPS) is 15.6. The summed E-state index contributed by atoms with van der Waals surface area (Å²) >= 11 is 0. The van der Waals surface area contributed by atoms with E-state index in [0.717, 1.165) is 35.4 Å². The number of benzene rings is 2. The van der Waals surface area contributed by atoms with Crippen molar-refractivity contribution in [3.05, 3.63) is 65.1 Å². The molecule has 1 aliphatic heterocycles. The van der Waals surface area contributed by atoms with Crippen molar-refractivity contribution in [2.75, 3.05) is 26.2 Å². The number of ether oxygens (including phenoxy) is 1. The first-order valence-corrected chi connectivity index (χ1v) is 9.86. The van der Waals surface area contributed by atoms with Gasteiger partial charge in [0.15, 0.2) is 0 Å². The molecule has 0 bridgehead atoms. The molecule has 4 heteroatoms. The van der Waals surface area contributed by atoms with Gasteiger partial charge >= 0.3 is 0 Å². The number of hydrogen-bond donors (Lipinski definition) is 1. The maximum atomic E-state index is 11.3. The molecule has 1 aromatic heterocycles. The van der Waals surface area contributed by atoms with E-state index in [-0.39, 0.29) is 5.56 Å². The first kappa shape index (κ1) is 17.8. The van der Waals surface area contributed by atoms with Gasteiger partial charge in [0.25, 0.3) is 0 Å². The molecule has 0 spiro atoms. The molecule has 140 valence electrons. The lowest BCUT2D eigenvalue weighted by Gasteiger charge is -2.19. The lowest BCUT2D eigenvalue weighted by atomic mass is 10.0. The third-order valence-electron chi connectivity index (χ3n) is 5.30. The average molecular weight is 362 g/mol. The average Bonchev–Trinajstić information content (AvgIpc) is 2.97. The Balaban J connectivity index is 1.45. The standard InChI is InChI=1S/C23H26N2O2/c26-23-10-8-20(17-24-23)19-6-5-18-7-9-22(16-21(18)15-19)27-14-13-25-11-3-1-2-4-12-25/h5-10,15-17H,1-4,11-14H2,(H,24,26). The number of fused-ring (bicyclic) bond motifs is 1. The van der Waals surface area contributed by atoms with Crippen LogP contribution in [0.3, 0.4) is 0 Å². The van der Waals surface area contributed by atoms with Crippen LogP contribution in [0.5, 0.6) is 5.75 Å². The fourth-order valence-electron chi connectivity index (χ4n) is 3.74. The minimum absolute atomic E-state index is 0.0837. The predicted molar refractivity (Wildman–Crippen MR) is 110 cm³/mol. The third-order valence-corrected chi connectivity index (χ3v) is 5.30. The van der Waals surface area contributed by atoms with Crippen molar-refractivity contribution in [1.29, 1.82) is 0 Å². The van der Waals surface area contributed by atoms with E-state index in [1.807, 2.05) is 12.1 Å². The zero-order valence-electron chi connectivity index (χ0n) is 15.6. The Morgan fingerprint density at radius 3 is 2.41 bits per heavy atom. The van der Waals surface area contributed by atoms with Crippen LogP contribution < -0.4 is 10.3 Å². The molecule has 0 unspecified atom stereocenters. The third kappa shape index (κ3) is 4.58. The largest absolute Gasteiger partial charge is 0.492 e. The molecule has 3 aromatic rings. The molecular formula is C23H26N2O2. The minimum atomic E-state index is -0.0837. The van der Waals surface area contributed by atoms with E-state index in [9.17, 15) is 4.79 Å². The Kier molecular flexibility index (Phi) is 5.54. The number of H-pyrrole nitrogens is 1. The maximum Gasteiger partial charge on any atom is 0.247 e. The highest BCUT2D eigenvalue weighted by atomic mass is 16.5. The van der Waals surface area contributed by atoms with Gasteiger partial charge in [-0.2, -0.15) is 0 Å². The van der Waals surface area contributed by atoms with E-state index in [4.69, 9.17) is 4.74 Å². The molecule has 0 radical (unpaired) electrons. The van der Waals surface area contributed by atoms with Gasteiger partial charge < -0.3 is 9.72 Å². The Morgan fingerprint density at radius 2 is 1.63 bits per heavy atom. The van der Waals surface area contributed by atoms with Crippen LogP contribution in [0.1, 0.15) is 25.7 Å². The van der Waals surface area contributed by atoms with Crippen LogP contribution in [-0.2, 0) is 0 Å². The fraction of sp³-hybridized carbons (Fsp3) is 0.348. The van der Waals surface area contributed by atoms with Crippen LogP contribution in [0, 0.1) is 0 Å². The van der Waals surface area contributed by atoms with Gasteiger partial charge in [-0.25, -0.2) is 0 Å². The van der Waals surface area contributed by atoms with Crippen molar-refractivity contribution in [2.24, 2.45) is 0 Å². The maximum absolute atomic E-state index is 11.3. The molecule has 0 saturated carbocycles. The molecule has 1 N–H and O–H groups in total. The van der Waals surface area contributed by atoms with E-state index in [2.05, 4.69) is 40.2 Å². The van der Waals surface area contributed by atoms with Gasteiger partial charge in [0.1, 0.15) is 12.4 Å². The summed E-state index contributed by atoms with van der Waals surface area (Å²) in [4.78, 5) is 16.5. The van der Waals surface area contributed by atoms with Crippen LogP contribution in [0.15, 0.2) is 59.5 Å². The van der Waals surface area contributed by atoms with Crippen molar-refractivity contribution in [2.45, 2.75) is 25.7 Å². The summed E-state index contributed by atoms with van der Waals surface area (Å²) in [5, 5.41) is 2.33. The number of aromatic nitrogens is 1. The van der Waals surface area contributed by atoms with Crippen LogP contribution in [0.4, 0.5) is 0 Å². The van der Waals surface area contributed by atoms with Gasteiger partial charge in [-0.3, -0.25) is 9.69 Å². The van der Waals surface area contributed by atoms with Crippen LogP contribution in [0.2, 0.25) is 0 Å². The van der Waals surface area contributed by atoms with Crippen molar-refractivity contribution in [3.8, 4) is 16.9 Å². The van der Waals surface area contributed by atoms with E-state index in [1.54, 1.807) is 12.3 Å². The lowest BCUT2D eigenvalue weighted by molar-refractivity contribution is 0.214. The first-order chi connectivity index (χ1) is 13.3. The number of rotatable bonds is 5.